The third kappa shape index (κ3) is 1.14. The van der Waals surface area contributed by atoms with Crippen molar-refractivity contribution >= 4 is 5.91 Å². The average Bonchev–Trinajstić information content (AvgIpc) is 3.07. The second kappa shape index (κ2) is 2.91. The topological polar surface area (TPSA) is 69.6 Å². The van der Waals surface area contributed by atoms with Gasteiger partial charge in [-0.1, -0.05) is 0 Å². The Balaban J connectivity index is 2.39. The summed E-state index contributed by atoms with van der Waals surface area (Å²) in [5.41, 5.74) is 0.321. The molecule has 5 heteroatoms. The second-order valence-electron chi connectivity index (χ2n) is 4.85. The van der Waals surface area contributed by atoms with Crippen LogP contribution in [-0.2, 0) is 5.41 Å². The number of benzene rings is 1. The molecule has 1 spiro atoms. The highest BCUT2D eigenvalue weighted by atomic mass is 19.1. The Hall–Kier alpha value is -1.78. The molecule has 0 atom stereocenters. The summed E-state index contributed by atoms with van der Waals surface area (Å²) in [6.45, 7) is 1.91. The van der Waals surface area contributed by atoms with Gasteiger partial charge in [-0.2, -0.15) is 0 Å². The largest absolute Gasteiger partial charge is 0.504 e. The number of hydrogen-bond donors (Lipinski definition) is 3. The zero-order chi connectivity index (χ0) is 12.4. The van der Waals surface area contributed by atoms with Gasteiger partial charge in [0.15, 0.2) is 17.3 Å². The Morgan fingerprint density at radius 2 is 1.94 bits per heavy atom. The van der Waals surface area contributed by atoms with Gasteiger partial charge in [0.25, 0.3) is 5.91 Å². The standard InChI is InChI=1S/C12H12FNO3/c1-5-6-7(8(13)10(16)9(5)15)12(2-3-12)4-14-11(6)17/h15-16H,2-4H2,1H3,(H,14,17). The number of rotatable bonds is 0. The molecule has 1 aromatic rings. The Morgan fingerprint density at radius 1 is 1.29 bits per heavy atom. The van der Waals surface area contributed by atoms with Gasteiger partial charge >= 0.3 is 0 Å². The van der Waals surface area contributed by atoms with Crippen LogP contribution in [0.15, 0.2) is 0 Å². The lowest BCUT2D eigenvalue weighted by Crippen LogP contribution is -2.40. The lowest BCUT2D eigenvalue weighted by molar-refractivity contribution is 0.0934. The molecule has 0 saturated heterocycles. The predicted octanol–water partition coefficient (Wildman–Crippen LogP) is 1.32. The summed E-state index contributed by atoms with van der Waals surface area (Å²) in [7, 11) is 0. The van der Waals surface area contributed by atoms with Crippen molar-refractivity contribution in [3.05, 3.63) is 22.5 Å². The molecule has 1 amide bonds. The van der Waals surface area contributed by atoms with Crippen LogP contribution in [-0.4, -0.2) is 22.7 Å². The van der Waals surface area contributed by atoms with Crippen LogP contribution in [0, 0.1) is 12.7 Å². The molecule has 1 saturated carbocycles. The van der Waals surface area contributed by atoms with Gasteiger partial charge < -0.3 is 15.5 Å². The van der Waals surface area contributed by atoms with Gasteiger partial charge in [-0.25, -0.2) is 4.39 Å². The third-order valence-corrected chi connectivity index (χ3v) is 3.83. The van der Waals surface area contributed by atoms with Crippen molar-refractivity contribution in [3.63, 3.8) is 0 Å². The molecular weight excluding hydrogens is 225 g/mol. The molecule has 4 nitrogen and oxygen atoms in total. The Kier molecular flexibility index (Phi) is 1.78. The van der Waals surface area contributed by atoms with E-state index in [9.17, 15) is 19.4 Å². The Bertz CT molecular complexity index is 549. The molecule has 1 aliphatic carbocycles. The van der Waals surface area contributed by atoms with Crippen molar-refractivity contribution in [2.24, 2.45) is 0 Å². The van der Waals surface area contributed by atoms with E-state index in [4.69, 9.17) is 0 Å². The highest BCUT2D eigenvalue weighted by Gasteiger charge is 2.52. The average molecular weight is 237 g/mol. The maximum Gasteiger partial charge on any atom is 0.252 e. The lowest BCUT2D eigenvalue weighted by atomic mass is 9.84. The number of phenolic OH excluding ortho intramolecular Hbond substituents is 2. The lowest BCUT2D eigenvalue weighted by Gasteiger charge is -2.28. The Labute approximate surface area is 97.1 Å². The first-order chi connectivity index (χ1) is 7.98. The molecule has 90 valence electrons. The molecular formula is C12H12FNO3. The van der Waals surface area contributed by atoms with Crippen LogP contribution in [0.1, 0.15) is 34.3 Å². The fourth-order valence-electron chi connectivity index (χ4n) is 2.60. The minimum Gasteiger partial charge on any atom is -0.504 e. The predicted molar refractivity (Wildman–Crippen MR) is 57.7 cm³/mol. The van der Waals surface area contributed by atoms with Gasteiger partial charge in [0.2, 0.25) is 0 Å². The summed E-state index contributed by atoms with van der Waals surface area (Å²) >= 11 is 0. The first-order valence-electron chi connectivity index (χ1n) is 5.50. The number of nitrogens with one attached hydrogen (secondary N) is 1. The highest BCUT2D eigenvalue weighted by Crippen LogP contribution is 2.54. The molecule has 0 unspecified atom stereocenters. The van der Waals surface area contributed by atoms with Crippen molar-refractivity contribution in [2.75, 3.05) is 6.54 Å². The van der Waals surface area contributed by atoms with Crippen LogP contribution in [0.2, 0.25) is 0 Å². The minimum atomic E-state index is -0.851. The zero-order valence-corrected chi connectivity index (χ0v) is 9.30. The highest BCUT2D eigenvalue weighted by molar-refractivity contribution is 6.00. The van der Waals surface area contributed by atoms with Crippen LogP contribution < -0.4 is 5.32 Å². The maximum absolute atomic E-state index is 14.0. The second-order valence-corrected chi connectivity index (χ2v) is 4.85. The van der Waals surface area contributed by atoms with Gasteiger partial charge in [0.1, 0.15) is 0 Å². The van der Waals surface area contributed by atoms with E-state index in [1.807, 2.05) is 0 Å². The van der Waals surface area contributed by atoms with Crippen LogP contribution >= 0.6 is 0 Å². The molecule has 0 aromatic heterocycles. The molecule has 3 N–H and O–H groups in total. The van der Waals surface area contributed by atoms with Crippen molar-refractivity contribution in [1.82, 2.24) is 5.32 Å². The summed E-state index contributed by atoms with van der Waals surface area (Å²) in [5, 5.41) is 21.8. The van der Waals surface area contributed by atoms with E-state index < -0.39 is 17.3 Å². The number of phenols is 2. The summed E-state index contributed by atoms with van der Waals surface area (Å²) in [6.07, 6.45) is 1.59. The summed E-state index contributed by atoms with van der Waals surface area (Å²) in [5.74, 6) is -2.53. The molecule has 3 rings (SSSR count). The smallest absolute Gasteiger partial charge is 0.252 e. The van der Waals surface area contributed by atoms with E-state index in [0.717, 1.165) is 12.8 Å². The van der Waals surface area contributed by atoms with Gasteiger partial charge in [-0.05, 0) is 19.8 Å². The van der Waals surface area contributed by atoms with Crippen molar-refractivity contribution in [2.45, 2.75) is 25.2 Å². The van der Waals surface area contributed by atoms with Gasteiger partial charge in [0.05, 0.1) is 5.56 Å². The third-order valence-electron chi connectivity index (χ3n) is 3.83. The van der Waals surface area contributed by atoms with Gasteiger partial charge in [-0.3, -0.25) is 4.79 Å². The van der Waals surface area contributed by atoms with Crippen LogP contribution in [0.5, 0.6) is 11.5 Å². The van der Waals surface area contributed by atoms with Gasteiger partial charge in [0, 0.05) is 23.1 Å². The van der Waals surface area contributed by atoms with E-state index in [0.29, 0.717) is 6.54 Å². The van der Waals surface area contributed by atoms with Crippen LogP contribution in [0.25, 0.3) is 0 Å². The SMILES string of the molecule is Cc1c(O)c(O)c(F)c2c1C(=O)NCC21CC1. The molecule has 1 aromatic carbocycles. The normalized spacial score (nSPS) is 20.0. The fraction of sp³-hybridized carbons (Fsp3) is 0.417. The van der Waals surface area contributed by atoms with E-state index >= 15 is 0 Å². The molecule has 0 radical (unpaired) electrons. The monoisotopic (exact) mass is 237 g/mol. The summed E-state index contributed by atoms with van der Waals surface area (Å²) in [4.78, 5) is 11.8. The molecule has 2 aliphatic rings. The first-order valence-corrected chi connectivity index (χ1v) is 5.50. The number of carbonyl (C=O) groups is 1. The molecule has 1 fully saturated rings. The van der Waals surface area contributed by atoms with Crippen molar-refractivity contribution in [3.8, 4) is 11.5 Å². The molecule has 1 aliphatic heterocycles. The fourth-order valence-corrected chi connectivity index (χ4v) is 2.60. The van der Waals surface area contributed by atoms with Crippen LogP contribution in [0.4, 0.5) is 4.39 Å². The number of amides is 1. The minimum absolute atomic E-state index is 0.182. The number of aromatic hydroxyl groups is 2. The van der Waals surface area contributed by atoms with E-state index in [1.54, 1.807) is 0 Å². The summed E-state index contributed by atoms with van der Waals surface area (Å²) < 4.78 is 14.0. The van der Waals surface area contributed by atoms with Crippen molar-refractivity contribution < 1.29 is 19.4 Å². The van der Waals surface area contributed by atoms with Crippen molar-refractivity contribution in [1.29, 1.82) is 0 Å². The number of fused-ring (bicyclic) bond motifs is 2. The maximum atomic E-state index is 14.0. The molecule has 0 bridgehead atoms. The number of hydrogen-bond acceptors (Lipinski definition) is 3. The van der Waals surface area contributed by atoms with E-state index in [2.05, 4.69) is 5.32 Å². The van der Waals surface area contributed by atoms with Crippen LogP contribution in [0.3, 0.4) is 0 Å². The van der Waals surface area contributed by atoms with E-state index in [-0.39, 0.29) is 28.0 Å². The zero-order valence-electron chi connectivity index (χ0n) is 9.30. The quantitative estimate of drug-likeness (QED) is 0.596. The first kappa shape index (κ1) is 10.4. The van der Waals surface area contributed by atoms with Gasteiger partial charge in [-0.15, -0.1) is 0 Å². The molecule has 1 heterocycles. The molecule has 17 heavy (non-hydrogen) atoms. The number of halogens is 1. The number of carbonyl (C=O) groups excluding carboxylic acids is 1. The Morgan fingerprint density at radius 3 is 2.53 bits per heavy atom. The summed E-state index contributed by atoms with van der Waals surface area (Å²) in [6, 6.07) is 0. The van der Waals surface area contributed by atoms with E-state index in [1.165, 1.54) is 6.92 Å².